The summed E-state index contributed by atoms with van der Waals surface area (Å²) in [4.78, 5) is 27.7. The van der Waals surface area contributed by atoms with E-state index in [1.165, 1.54) is 12.3 Å². The van der Waals surface area contributed by atoms with Crippen LogP contribution in [0.4, 0.5) is 4.39 Å². The summed E-state index contributed by atoms with van der Waals surface area (Å²) in [7, 11) is 0. The number of hydrogen-bond donors (Lipinski definition) is 3. The van der Waals surface area contributed by atoms with Crippen LogP contribution in [0.3, 0.4) is 0 Å². The van der Waals surface area contributed by atoms with E-state index in [1.807, 2.05) is 0 Å². The normalized spacial score (nSPS) is 17.0. The molecule has 1 aromatic heterocycles. The first-order valence-corrected chi connectivity index (χ1v) is 8.22. The molecule has 0 aliphatic heterocycles. The van der Waals surface area contributed by atoms with Crippen molar-refractivity contribution in [3.05, 3.63) is 45.5 Å². The number of benzene rings is 1. The number of H-pyrrole nitrogens is 1. The van der Waals surface area contributed by atoms with E-state index < -0.39 is 22.8 Å². The lowest BCUT2D eigenvalue weighted by Gasteiger charge is -2.32. The summed E-state index contributed by atoms with van der Waals surface area (Å²) in [5.41, 5.74) is -0.374. The van der Waals surface area contributed by atoms with Crippen LogP contribution in [0.1, 0.15) is 48.0 Å². The van der Waals surface area contributed by atoms with Crippen molar-refractivity contribution < 1.29 is 14.3 Å². The number of aliphatic hydroxyl groups is 1. The molecule has 6 heteroatoms. The van der Waals surface area contributed by atoms with Crippen molar-refractivity contribution in [2.75, 3.05) is 6.54 Å². The zero-order chi connectivity index (χ0) is 17.3. The molecule has 0 spiro atoms. The maximum Gasteiger partial charge on any atom is 0.256 e. The SMILES string of the molecule is Cc1cc(F)cc2c(=O)c(C(=O)NCC3(O)CCCCC3)c[nH]c12. The Labute approximate surface area is 138 Å². The first kappa shape index (κ1) is 16.6. The minimum atomic E-state index is -0.903. The summed E-state index contributed by atoms with van der Waals surface area (Å²) < 4.78 is 13.6. The van der Waals surface area contributed by atoms with Gasteiger partial charge in [-0.15, -0.1) is 0 Å². The topological polar surface area (TPSA) is 82.2 Å². The van der Waals surface area contributed by atoms with Gasteiger partial charge in [-0.1, -0.05) is 19.3 Å². The first-order valence-electron chi connectivity index (χ1n) is 8.22. The van der Waals surface area contributed by atoms with Gasteiger partial charge in [0.2, 0.25) is 5.43 Å². The Balaban J connectivity index is 1.85. The van der Waals surface area contributed by atoms with Gasteiger partial charge < -0.3 is 15.4 Å². The van der Waals surface area contributed by atoms with Crippen LogP contribution in [0.15, 0.2) is 23.1 Å². The quantitative estimate of drug-likeness (QED) is 0.807. The van der Waals surface area contributed by atoms with E-state index in [2.05, 4.69) is 10.3 Å². The number of fused-ring (bicyclic) bond motifs is 1. The molecule has 3 N–H and O–H groups in total. The molecule has 0 radical (unpaired) electrons. The number of carbonyl (C=O) groups excluding carboxylic acids is 1. The average Bonchev–Trinajstić information content (AvgIpc) is 2.54. The van der Waals surface area contributed by atoms with Crippen LogP contribution in [0.25, 0.3) is 10.9 Å². The number of amides is 1. The molecule has 1 aliphatic carbocycles. The Morgan fingerprint density at radius 3 is 2.75 bits per heavy atom. The second-order valence-electron chi connectivity index (χ2n) is 6.64. The van der Waals surface area contributed by atoms with E-state index in [0.29, 0.717) is 23.9 Å². The number of rotatable bonds is 3. The van der Waals surface area contributed by atoms with Crippen LogP contribution in [0, 0.1) is 12.7 Å². The molecular weight excluding hydrogens is 311 g/mol. The molecule has 128 valence electrons. The van der Waals surface area contributed by atoms with Gasteiger partial charge in [-0.25, -0.2) is 4.39 Å². The Hall–Kier alpha value is -2.21. The van der Waals surface area contributed by atoms with Gasteiger partial charge in [-0.3, -0.25) is 9.59 Å². The van der Waals surface area contributed by atoms with Gasteiger partial charge in [0.25, 0.3) is 5.91 Å². The zero-order valence-electron chi connectivity index (χ0n) is 13.6. The molecule has 3 rings (SSSR count). The van der Waals surface area contributed by atoms with Crippen LogP contribution in [-0.2, 0) is 0 Å². The molecule has 1 saturated carbocycles. The lowest BCUT2D eigenvalue weighted by Crippen LogP contribution is -2.45. The van der Waals surface area contributed by atoms with Crippen molar-refractivity contribution in [3.63, 3.8) is 0 Å². The van der Waals surface area contributed by atoms with Crippen LogP contribution >= 0.6 is 0 Å². The molecule has 2 aromatic rings. The average molecular weight is 332 g/mol. The number of nitrogens with one attached hydrogen (secondary N) is 2. The van der Waals surface area contributed by atoms with Gasteiger partial charge in [-0.05, 0) is 37.5 Å². The third-order valence-electron chi connectivity index (χ3n) is 4.76. The Morgan fingerprint density at radius 2 is 2.04 bits per heavy atom. The number of aryl methyl sites for hydroxylation is 1. The monoisotopic (exact) mass is 332 g/mol. The van der Waals surface area contributed by atoms with E-state index >= 15 is 0 Å². The molecule has 0 unspecified atom stereocenters. The Bertz CT molecular complexity index is 838. The summed E-state index contributed by atoms with van der Waals surface area (Å²) >= 11 is 0. The van der Waals surface area contributed by atoms with E-state index in [-0.39, 0.29) is 17.5 Å². The molecule has 1 fully saturated rings. The number of halogens is 1. The van der Waals surface area contributed by atoms with Crippen molar-refractivity contribution in [2.24, 2.45) is 0 Å². The lowest BCUT2D eigenvalue weighted by molar-refractivity contribution is 0.00524. The molecule has 1 amide bonds. The van der Waals surface area contributed by atoms with Gasteiger partial charge in [0.1, 0.15) is 11.4 Å². The number of carbonyl (C=O) groups is 1. The van der Waals surface area contributed by atoms with Crippen molar-refractivity contribution in [3.8, 4) is 0 Å². The van der Waals surface area contributed by atoms with Crippen molar-refractivity contribution in [1.29, 1.82) is 0 Å². The maximum atomic E-state index is 13.6. The minimum absolute atomic E-state index is 0.0769. The van der Waals surface area contributed by atoms with Crippen molar-refractivity contribution in [2.45, 2.75) is 44.6 Å². The molecule has 1 aromatic carbocycles. The summed E-state index contributed by atoms with van der Waals surface area (Å²) in [5, 5.41) is 13.2. The minimum Gasteiger partial charge on any atom is -0.388 e. The highest BCUT2D eigenvalue weighted by atomic mass is 19.1. The zero-order valence-corrected chi connectivity index (χ0v) is 13.6. The summed E-state index contributed by atoms with van der Waals surface area (Å²) in [6.07, 6.45) is 5.59. The molecule has 0 bridgehead atoms. The molecule has 0 saturated heterocycles. The standard InChI is InChI=1S/C18H21FN2O3/c1-11-7-12(19)8-13-15(11)20-9-14(16(13)22)17(23)21-10-18(24)5-3-2-4-6-18/h7-9,24H,2-6,10H2,1H3,(H,20,22)(H,21,23). The third-order valence-corrected chi connectivity index (χ3v) is 4.76. The lowest BCUT2D eigenvalue weighted by atomic mass is 9.85. The second kappa shape index (κ2) is 6.36. The molecule has 0 atom stereocenters. The molecule has 5 nitrogen and oxygen atoms in total. The summed E-state index contributed by atoms with van der Waals surface area (Å²) in [6.45, 7) is 1.81. The molecule has 1 heterocycles. The van der Waals surface area contributed by atoms with Crippen molar-refractivity contribution in [1.82, 2.24) is 10.3 Å². The first-order chi connectivity index (χ1) is 11.4. The van der Waals surface area contributed by atoms with Gasteiger partial charge in [0, 0.05) is 18.1 Å². The number of aromatic nitrogens is 1. The predicted octanol–water partition coefficient (Wildman–Crippen LogP) is 2.40. The van der Waals surface area contributed by atoms with Gasteiger partial charge in [0.15, 0.2) is 0 Å². The van der Waals surface area contributed by atoms with Crippen LogP contribution < -0.4 is 10.7 Å². The van der Waals surface area contributed by atoms with Crippen molar-refractivity contribution >= 4 is 16.8 Å². The van der Waals surface area contributed by atoms with Crippen LogP contribution in [0.2, 0.25) is 0 Å². The number of hydrogen-bond acceptors (Lipinski definition) is 3. The Kier molecular flexibility index (Phi) is 4.41. The number of pyridine rings is 1. The Morgan fingerprint density at radius 1 is 1.33 bits per heavy atom. The second-order valence-corrected chi connectivity index (χ2v) is 6.64. The van der Waals surface area contributed by atoms with Gasteiger partial charge in [-0.2, -0.15) is 0 Å². The van der Waals surface area contributed by atoms with E-state index in [4.69, 9.17) is 0 Å². The smallest absolute Gasteiger partial charge is 0.256 e. The highest BCUT2D eigenvalue weighted by Gasteiger charge is 2.29. The van der Waals surface area contributed by atoms with Crippen LogP contribution in [-0.4, -0.2) is 28.1 Å². The van der Waals surface area contributed by atoms with E-state index in [0.717, 1.165) is 25.3 Å². The summed E-state index contributed by atoms with van der Waals surface area (Å²) in [6, 6.07) is 2.46. The fraction of sp³-hybridized carbons (Fsp3) is 0.444. The van der Waals surface area contributed by atoms with Gasteiger partial charge >= 0.3 is 0 Å². The molecule has 1 aliphatic rings. The van der Waals surface area contributed by atoms with E-state index in [1.54, 1.807) is 6.92 Å². The highest BCUT2D eigenvalue weighted by molar-refractivity contribution is 5.97. The van der Waals surface area contributed by atoms with E-state index in [9.17, 15) is 19.1 Å². The molecule has 24 heavy (non-hydrogen) atoms. The fourth-order valence-corrected chi connectivity index (χ4v) is 3.36. The predicted molar refractivity (Wildman–Crippen MR) is 89.6 cm³/mol. The largest absolute Gasteiger partial charge is 0.388 e. The third kappa shape index (κ3) is 3.19. The van der Waals surface area contributed by atoms with Crippen LogP contribution in [0.5, 0.6) is 0 Å². The number of aromatic amines is 1. The summed E-state index contributed by atoms with van der Waals surface area (Å²) in [5.74, 6) is -1.07. The molecular formula is C18H21FN2O3. The maximum absolute atomic E-state index is 13.6. The fourth-order valence-electron chi connectivity index (χ4n) is 3.36. The highest BCUT2D eigenvalue weighted by Crippen LogP contribution is 2.27. The van der Waals surface area contributed by atoms with Gasteiger partial charge in [0.05, 0.1) is 11.1 Å².